The zero-order chi connectivity index (χ0) is 21.3. The molecular formula is C15H8F8N2O3. The molecule has 0 saturated heterocycles. The zero-order valence-electron chi connectivity index (χ0n) is 13.2. The molecule has 2 aromatic carbocycles. The second-order valence-electron chi connectivity index (χ2n) is 5.25. The van der Waals surface area contributed by atoms with Crippen molar-refractivity contribution in [1.29, 1.82) is 0 Å². The fraction of sp³-hybridized carbons (Fsp3) is 0.200. The molecule has 0 radical (unpaired) electrons. The summed E-state index contributed by atoms with van der Waals surface area (Å²) in [5.74, 6) is -0.970. The number of nitro benzene ring substituents is 1. The van der Waals surface area contributed by atoms with Gasteiger partial charge >= 0.3 is 18.5 Å². The molecule has 0 aliphatic carbocycles. The van der Waals surface area contributed by atoms with Gasteiger partial charge < -0.3 is 10.1 Å². The van der Waals surface area contributed by atoms with Crippen LogP contribution >= 0.6 is 0 Å². The minimum absolute atomic E-state index is 0.250. The number of halogens is 8. The number of nitro groups is 1. The van der Waals surface area contributed by atoms with Crippen molar-refractivity contribution in [3.63, 3.8) is 0 Å². The fourth-order valence-corrected chi connectivity index (χ4v) is 1.99. The number of hydrogen-bond donors (Lipinski definition) is 1. The minimum atomic E-state index is -6.00. The highest BCUT2D eigenvalue weighted by molar-refractivity contribution is 5.67. The molecule has 1 N–H and O–H groups in total. The van der Waals surface area contributed by atoms with Gasteiger partial charge in [-0.05, 0) is 18.2 Å². The molecule has 2 rings (SSSR count). The Kier molecular flexibility index (Phi) is 5.39. The third kappa shape index (κ3) is 4.78. The van der Waals surface area contributed by atoms with Crippen LogP contribution < -0.4 is 10.1 Å². The smallest absolute Gasteiger partial charge is 0.426 e. The standard InChI is InChI=1S/C15H8F8N2O3/c16-13(17,18)11-7-9(25(26)27)4-5-12(11)24-8-2-1-3-10(6-8)28-15(22,23)14(19,20)21/h1-7,24H. The summed E-state index contributed by atoms with van der Waals surface area (Å²) < 4.78 is 105. The molecule has 0 bridgehead atoms. The van der Waals surface area contributed by atoms with E-state index in [2.05, 4.69) is 10.1 Å². The van der Waals surface area contributed by atoms with Gasteiger partial charge in [0.1, 0.15) is 5.75 Å². The summed E-state index contributed by atoms with van der Waals surface area (Å²) in [6.45, 7) is 0. The molecule has 0 atom stereocenters. The lowest BCUT2D eigenvalue weighted by Crippen LogP contribution is -2.41. The van der Waals surface area contributed by atoms with Crippen LogP contribution in [-0.4, -0.2) is 17.2 Å². The number of nitrogens with one attached hydrogen (secondary N) is 1. The topological polar surface area (TPSA) is 64.4 Å². The van der Waals surface area contributed by atoms with E-state index in [0.717, 1.165) is 30.3 Å². The molecule has 0 aliphatic heterocycles. The van der Waals surface area contributed by atoms with Gasteiger partial charge in [-0.25, -0.2) is 0 Å². The van der Waals surface area contributed by atoms with Crippen molar-refractivity contribution in [3.8, 4) is 5.75 Å². The summed E-state index contributed by atoms with van der Waals surface area (Å²) in [4.78, 5) is 9.60. The number of alkyl halides is 8. The van der Waals surface area contributed by atoms with Crippen LogP contribution in [0.2, 0.25) is 0 Å². The van der Waals surface area contributed by atoms with Gasteiger partial charge in [-0.15, -0.1) is 0 Å². The van der Waals surface area contributed by atoms with Crippen molar-refractivity contribution in [2.24, 2.45) is 0 Å². The first-order valence-electron chi connectivity index (χ1n) is 7.07. The van der Waals surface area contributed by atoms with E-state index >= 15 is 0 Å². The van der Waals surface area contributed by atoms with Crippen molar-refractivity contribution in [2.45, 2.75) is 18.5 Å². The second kappa shape index (κ2) is 7.13. The molecule has 0 spiro atoms. The van der Waals surface area contributed by atoms with Crippen LogP contribution in [0.3, 0.4) is 0 Å². The first-order chi connectivity index (χ1) is 12.7. The van der Waals surface area contributed by atoms with Crippen LogP contribution in [0, 0.1) is 10.1 Å². The summed E-state index contributed by atoms with van der Waals surface area (Å²) in [6, 6.07) is 5.12. The maximum absolute atomic E-state index is 13.1. The Bertz CT molecular complexity index is 880. The highest BCUT2D eigenvalue weighted by atomic mass is 19.4. The minimum Gasteiger partial charge on any atom is -0.426 e. The molecule has 0 unspecified atom stereocenters. The van der Waals surface area contributed by atoms with E-state index in [9.17, 15) is 45.2 Å². The van der Waals surface area contributed by atoms with Gasteiger partial charge in [-0.2, -0.15) is 35.1 Å². The molecule has 0 aliphatic rings. The van der Waals surface area contributed by atoms with Crippen molar-refractivity contribution in [3.05, 3.63) is 58.1 Å². The summed E-state index contributed by atoms with van der Waals surface area (Å²) in [6.07, 6.45) is -16.5. The fourth-order valence-electron chi connectivity index (χ4n) is 1.99. The highest BCUT2D eigenvalue weighted by Gasteiger charge is 2.61. The van der Waals surface area contributed by atoms with E-state index in [4.69, 9.17) is 0 Å². The van der Waals surface area contributed by atoms with E-state index in [1.807, 2.05) is 0 Å². The molecule has 28 heavy (non-hydrogen) atoms. The lowest BCUT2D eigenvalue weighted by atomic mass is 10.1. The lowest BCUT2D eigenvalue weighted by molar-refractivity contribution is -0.385. The Labute approximate surface area is 150 Å². The number of hydrogen-bond acceptors (Lipinski definition) is 4. The van der Waals surface area contributed by atoms with Crippen molar-refractivity contribution < 1.29 is 44.8 Å². The molecule has 0 heterocycles. The zero-order valence-corrected chi connectivity index (χ0v) is 13.2. The summed E-state index contributed by atoms with van der Waals surface area (Å²) in [5.41, 5.74) is -3.29. The quantitative estimate of drug-likeness (QED) is 0.375. The van der Waals surface area contributed by atoms with Crippen molar-refractivity contribution >= 4 is 17.1 Å². The molecule has 5 nitrogen and oxygen atoms in total. The summed E-state index contributed by atoms with van der Waals surface area (Å²) in [7, 11) is 0. The predicted octanol–water partition coefficient (Wildman–Crippen LogP) is 5.89. The number of non-ortho nitro benzene ring substituents is 1. The first-order valence-corrected chi connectivity index (χ1v) is 7.07. The third-order valence-electron chi connectivity index (χ3n) is 3.21. The van der Waals surface area contributed by atoms with Crippen LogP contribution in [0.15, 0.2) is 42.5 Å². The SMILES string of the molecule is O=[N+]([O-])c1ccc(Nc2cccc(OC(F)(F)C(F)(F)F)c2)c(C(F)(F)F)c1. The van der Waals surface area contributed by atoms with E-state index in [1.165, 1.54) is 0 Å². The van der Waals surface area contributed by atoms with Crippen LogP contribution in [-0.2, 0) is 6.18 Å². The van der Waals surface area contributed by atoms with Crippen LogP contribution in [0.5, 0.6) is 5.75 Å². The van der Waals surface area contributed by atoms with Crippen LogP contribution in [0.4, 0.5) is 52.2 Å². The van der Waals surface area contributed by atoms with Gasteiger partial charge in [0.05, 0.1) is 16.2 Å². The van der Waals surface area contributed by atoms with E-state index < -0.39 is 46.1 Å². The molecular weight excluding hydrogens is 408 g/mol. The van der Waals surface area contributed by atoms with E-state index in [-0.39, 0.29) is 11.8 Å². The normalized spacial score (nSPS) is 12.6. The maximum Gasteiger partial charge on any atom is 0.499 e. The number of anilines is 2. The Morgan fingerprint density at radius 2 is 1.57 bits per heavy atom. The maximum atomic E-state index is 13.1. The Hall–Kier alpha value is -3.12. The molecule has 0 aromatic heterocycles. The van der Waals surface area contributed by atoms with Gasteiger partial charge in [0.15, 0.2) is 0 Å². The first kappa shape index (κ1) is 21.2. The van der Waals surface area contributed by atoms with Gasteiger partial charge in [0.25, 0.3) is 5.69 Å². The molecule has 152 valence electrons. The van der Waals surface area contributed by atoms with E-state index in [0.29, 0.717) is 6.07 Å². The Balaban J connectivity index is 2.36. The number of nitrogens with zero attached hydrogens (tertiary/aromatic N) is 1. The molecule has 13 heteroatoms. The largest absolute Gasteiger partial charge is 0.499 e. The number of ether oxygens (including phenoxy) is 1. The van der Waals surface area contributed by atoms with Crippen LogP contribution in [0.25, 0.3) is 0 Å². The Morgan fingerprint density at radius 1 is 0.929 bits per heavy atom. The van der Waals surface area contributed by atoms with Gasteiger partial charge in [0.2, 0.25) is 0 Å². The van der Waals surface area contributed by atoms with Crippen molar-refractivity contribution in [2.75, 3.05) is 5.32 Å². The third-order valence-corrected chi connectivity index (χ3v) is 3.21. The molecule has 2 aromatic rings. The van der Waals surface area contributed by atoms with Gasteiger partial charge in [-0.3, -0.25) is 10.1 Å². The Morgan fingerprint density at radius 3 is 2.11 bits per heavy atom. The van der Waals surface area contributed by atoms with Gasteiger partial charge in [0, 0.05) is 23.9 Å². The summed E-state index contributed by atoms with van der Waals surface area (Å²) in [5, 5.41) is 12.8. The monoisotopic (exact) mass is 416 g/mol. The highest BCUT2D eigenvalue weighted by Crippen LogP contribution is 2.40. The molecule has 0 amide bonds. The lowest BCUT2D eigenvalue weighted by Gasteiger charge is -2.20. The average Bonchev–Trinajstić information content (AvgIpc) is 2.52. The second-order valence-corrected chi connectivity index (χ2v) is 5.25. The van der Waals surface area contributed by atoms with Crippen LogP contribution in [0.1, 0.15) is 5.56 Å². The molecule has 0 saturated carbocycles. The summed E-state index contributed by atoms with van der Waals surface area (Å²) >= 11 is 0. The molecule has 0 fully saturated rings. The number of benzene rings is 2. The van der Waals surface area contributed by atoms with Crippen molar-refractivity contribution in [1.82, 2.24) is 0 Å². The average molecular weight is 416 g/mol. The number of rotatable bonds is 5. The predicted molar refractivity (Wildman–Crippen MR) is 79.5 cm³/mol. The van der Waals surface area contributed by atoms with Gasteiger partial charge in [-0.1, -0.05) is 6.07 Å². The van der Waals surface area contributed by atoms with E-state index in [1.54, 1.807) is 0 Å².